The number of rotatable bonds is 6. The molecule has 0 amide bonds. The summed E-state index contributed by atoms with van der Waals surface area (Å²) in [6.07, 6.45) is 3.60. The van der Waals surface area contributed by atoms with Gasteiger partial charge in [0.25, 0.3) is 0 Å². The van der Waals surface area contributed by atoms with Crippen molar-refractivity contribution < 1.29 is 14.6 Å². The maximum atomic E-state index is 11.4. The molecule has 0 aliphatic rings. The van der Waals surface area contributed by atoms with Crippen LogP contribution in [0.1, 0.15) is 21.5 Å². The lowest BCUT2D eigenvalue weighted by Crippen LogP contribution is -2.00. The van der Waals surface area contributed by atoms with Crippen molar-refractivity contribution in [2.45, 2.75) is 13.5 Å². The highest BCUT2D eigenvalue weighted by atomic mass is 35.5. The molecule has 0 aliphatic heterocycles. The molecule has 2 N–H and O–H groups in total. The lowest BCUT2D eigenvalue weighted by molar-refractivity contribution is 0.0695. The van der Waals surface area contributed by atoms with Gasteiger partial charge in [0.05, 0.1) is 34.5 Å². The number of carboxylic acid groups (broad SMARTS) is 1. The maximum Gasteiger partial charge on any atom is 0.336 e. The van der Waals surface area contributed by atoms with E-state index >= 15 is 0 Å². The predicted molar refractivity (Wildman–Crippen MR) is 124 cm³/mol. The topological polar surface area (TPSA) is 106 Å². The van der Waals surface area contributed by atoms with Gasteiger partial charge in [-0.3, -0.25) is 4.68 Å². The molecule has 0 bridgehead atoms. The van der Waals surface area contributed by atoms with E-state index in [0.717, 1.165) is 11.1 Å². The van der Waals surface area contributed by atoms with Crippen molar-refractivity contribution in [3.63, 3.8) is 0 Å². The molecule has 3 aromatic heterocycles. The fourth-order valence-electron chi connectivity index (χ4n) is 3.50. The summed E-state index contributed by atoms with van der Waals surface area (Å²) in [5.41, 5.74) is 4.30. The molecule has 5 aromatic rings. The average molecular weight is 460 g/mol. The number of nitrogens with zero attached hydrogens (tertiary/aromatic N) is 4. The predicted octanol–water partition coefficient (Wildman–Crippen LogP) is 5.32. The van der Waals surface area contributed by atoms with Crippen molar-refractivity contribution in [2.75, 3.05) is 0 Å². The van der Waals surface area contributed by atoms with Crippen LogP contribution in [0.25, 0.3) is 22.4 Å². The summed E-state index contributed by atoms with van der Waals surface area (Å²) in [6.45, 7) is 2.36. The number of fused-ring (bicyclic) bond motifs is 1. The van der Waals surface area contributed by atoms with Crippen LogP contribution in [-0.4, -0.2) is 35.8 Å². The van der Waals surface area contributed by atoms with Crippen molar-refractivity contribution in [3.05, 3.63) is 88.7 Å². The minimum Gasteiger partial charge on any atom is -0.478 e. The first-order valence-electron chi connectivity index (χ1n) is 10.1. The number of aromatic carboxylic acids is 1. The summed E-state index contributed by atoms with van der Waals surface area (Å²) in [6, 6.07) is 16.8. The molecule has 9 heteroatoms. The second-order valence-electron chi connectivity index (χ2n) is 7.53. The summed E-state index contributed by atoms with van der Waals surface area (Å²) in [7, 11) is 0. The highest BCUT2D eigenvalue weighted by molar-refractivity contribution is 6.33. The largest absolute Gasteiger partial charge is 0.478 e. The Hall–Kier alpha value is -4.17. The number of nitrogens with one attached hydrogen (secondary N) is 1. The minimum atomic E-state index is -1.02. The van der Waals surface area contributed by atoms with E-state index in [1.54, 1.807) is 31.3 Å². The molecular weight excluding hydrogens is 442 g/mol. The number of H-pyrrole nitrogens is 1. The van der Waals surface area contributed by atoms with Crippen LogP contribution >= 0.6 is 11.6 Å². The Labute approximate surface area is 193 Å². The standard InChI is InChI=1S/C24H18ClN5O3/c1-14-7-8-17(9-18(14)23(31)32)33-24-27-20-10-19(25)21(28-22(20)29-24)16-11-26-30(13-16)12-15-5-3-2-4-6-15/h2-11,13H,12H2,1H3,(H,31,32)(H,27,28,29). The molecule has 164 valence electrons. The van der Waals surface area contributed by atoms with Crippen LogP contribution in [0.3, 0.4) is 0 Å². The Kier molecular flexibility index (Phi) is 5.27. The number of imidazole rings is 1. The maximum absolute atomic E-state index is 11.4. The van der Waals surface area contributed by atoms with Crippen molar-refractivity contribution in [1.82, 2.24) is 24.7 Å². The number of benzene rings is 2. The molecule has 0 atom stereocenters. The second kappa shape index (κ2) is 8.40. The van der Waals surface area contributed by atoms with Crippen LogP contribution < -0.4 is 4.74 Å². The van der Waals surface area contributed by atoms with Crippen molar-refractivity contribution in [3.8, 4) is 23.0 Å². The van der Waals surface area contributed by atoms with Crippen LogP contribution in [0.15, 0.2) is 67.0 Å². The van der Waals surface area contributed by atoms with Gasteiger partial charge >= 0.3 is 12.0 Å². The number of aromatic amines is 1. The van der Waals surface area contributed by atoms with Gasteiger partial charge in [-0.15, -0.1) is 0 Å². The smallest absolute Gasteiger partial charge is 0.336 e. The van der Waals surface area contributed by atoms with E-state index in [2.05, 4.69) is 20.1 Å². The van der Waals surface area contributed by atoms with Gasteiger partial charge in [-0.2, -0.15) is 10.1 Å². The zero-order valence-corrected chi connectivity index (χ0v) is 18.2. The highest BCUT2D eigenvalue weighted by Gasteiger charge is 2.15. The Bertz CT molecular complexity index is 1480. The average Bonchev–Trinajstić information content (AvgIpc) is 3.41. The number of ether oxygens (including phenoxy) is 1. The molecule has 0 saturated carbocycles. The second-order valence-corrected chi connectivity index (χ2v) is 7.94. The third kappa shape index (κ3) is 4.28. The summed E-state index contributed by atoms with van der Waals surface area (Å²) in [4.78, 5) is 23.4. The summed E-state index contributed by atoms with van der Waals surface area (Å²) in [5.74, 6) is -0.668. The fraction of sp³-hybridized carbons (Fsp3) is 0.0833. The van der Waals surface area contributed by atoms with Gasteiger partial charge in [-0.1, -0.05) is 48.0 Å². The van der Waals surface area contributed by atoms with Crippen LogP contribution in [0.2, 0.25) is 5.02 Å². The summed E-state index contributed by atoms with van der Waals surface area (Å²) in [5, 5.41) is 14.2. The Morgan fingerprint density at radius 1 is 1.15 bits per heavy atom. The number of hydrogen-bond acceptors (Lipinski definition) is 5. The van der Waals surface area contributed by atoms with E-state index in [1.807, 2.05) is 41.2 Å². The molecule has 0 fully saturated rings. The van der Waals surface area contributed by atoms with E-state index in [1.165, 1.54) is 6.07 Å². The highest BCUT2D eigenvalue weighted by Crippen LogP contribution is 2.30. The zero-order chi connectivity index (χ0) is 22.9. The molecule has 0 unspecified atom stereocenters. The molecule has 33 heavy (non-hydrogen) atoms. The number of aryl methyl sites for hydroxylation is 1. The van der Waals surface area contributed by atoms with Gasteiger partial charge < -0.3 is 14.8 Å². The first kappa shape index (κ1) is 20.7. The molecule has 0 aliphatic carbocycles. The number of pyridine rings is 1. The van der Waals surface area contributed by atoms with Crippen LogP contribution in [-0.2, 0) is 6.54 Å². The number of halogens is 1. The van der Waals surface area contributed by atoms with Crippen molar-refractivity contribution >= 4 is 28.7 Å². The molecule has 0 radical (unpaired) electrons. The molecule has 0 spiro atoms. The van der Waals surface area contributed by atoms with Crippen molar-refractivity contribution in [2.24, 2.45) is 0 Å². The minimum absolute atomic E-state index is 0.166. The number of carbonyl (C=O) groups is 1. The van der Waals surface area contributed by atoms with Gasteiger partial charge in [0.1, 0.15) is 5.75 Å². The van der Waals surface area contributed by atoms with Crippen LogP contribution in [0, 0.1) is 6.92 Å². The third-order valence-corrected chi connectivity index (χ3v) is 5.44. The molecular formula is C24H18ClN5O3. The Morgan fingerprint density at radius 3 is 2.76 bits per heavy atom. The summed E-state index contributed by atoms with van der Waals surface area (Å²) < 4.78 is 7.56. The monoisotopic (exact) mass is 459 g/mol. The van der Waals surface area contributed by atoms with Gasteiger partial charge in [-0.05, 0) is 36.2 Å². The van der Waals surface area contributed by atoms with Gasteiger partial charge in [-0.25, -0.2) is 9.78 Å². The van der Waals surface area contributed by atoms with E-state index in [4.69, 9.17) is 16.3 Å². The van der Waals surface area contributed by atoms with E-state index in [-0.39, 0.29) is 11.6 Å². The molecule has 8 nitrogen and oxygen atoms in total. The zero-order valence-electron chi connectivity index (χ0n) is 17.5. The lowest BCUT2D eigenvalue weighted by atomic mass is 10.1. The van der Waals surface area contributed by atoms with Gasteiger partial charge in [0, 0.05) is 11.8 Å². The van der Waals surface area contributed by atoms with Crippen LogP contribution in [0.5, 0.6) is 11.8 Å². The molecule has 2 aromatic carbocycles. The Morgan fingerprint density at radius 2 is 1.97 bits per heavy atom. The van der Waals surface area contributed by atoms with Crippen LogP contribution in [0.4, 0.5) is 0 Å². The fourth-order valence-corrected chi connectivity index (χ4v) is 3.76. The molecule has 0 saturated heterocycles. The normalized spacial score (nSPS) is 11.1. The first-order chi connectivity index (χ1) is 16.0. The third-order valence-electron chi connectivity index (χ3n) is 5.15. The lowest BCUT2D eigenvalue weighted by Gasteiger charge is -2.05. The number of carboxylic acids is 1. The summed E-state index contributed by atoms with van der Waals surface area (Å²) >= 11 is 6.50. The number of aromatic nitrogens is 5. The van der Waals surface area contributed by atoms with E-state index in [9.17, 15) is 9.90 Å². The number of hydrogen-bond donors (Lipinski definition) is 2. The quantitative estimate of drug-likeness (QED) is 0.356. The van der Waals surface area contributed by atoms with Crippen molar-refractivity contribution in [1.29, 1.82) is 0 Å². The first-order valence-corrected chi connectivity index (χ1v) is 10.5. The molecule has 3 heterocycles. The van der Waals surface area contributed by atoms with Gasteiger partial charge in [0.15, 0.2) is 5.65 Å². The SMILES string of the molecule is Cc1ccc(Oc2nc3nc(-c4cnn(Cc5ccccc5)c4)c(Cl)cc3[nH]2)cc1C(=O)O. The van der Waals surface area contributed by atoms with E-state index < -0.39 is 5.97 Å². The van der Waals surface area contributed by atoms with E-state index in [0.29, 0.717) is 39.7 Å². The van der Waals surface area contributed by atoms with Gasteiger partial charge in [0.2, 0.25) is 0 Å². The Balaban J connectivity index is 1.42. The molecule has 5 rings (SSSR count).